The van der Waals surface area contributed by atoms with Crippen molar-refractivity contribution in [2.75, 3.05) is 0 Å². The molecule has 0 aliphatic heterocycles. The fraction of sp³-hybridized carbons (Fsp3) is 0.636. The second kappa shape index (κ2) is 9.91. The van der Waals surface area contributed by atoms with Crippen LogP contribution in [0.4, 0.5) is 0 Å². The summed E-state index contributed by atoms with van der Waals surface area (Å²) in [5, 5.41) is 4.54. The predicted molar refractivity (Wildman–Crippen MR) is 111 cm³/mol. The van der Waals surface area contributed by atoms with E-state index in [1.807, 2.05) is 27.7 Å². The van der Waals surface area contributed by atoms with Crippen LogP contribution in [0.25, 0.3) is 0 Å². The van der Waals surface area contributed by atoms with Gasteiger partial charge < -0.3 is 9.05 Å². The molecule has 30 heavy (non-hydrogen) atoms. The van der Waals surface area contributed by atoms with Crippen LogP contribution in [0.1, 0.15) is 77.3 Å². The topological polar surface area (TPSA) is 126 Å². The van der Waals surface area contributed by atoms with E-state index in [4.69, 9.17) is 9.05 Å². The van der Waals surface area contributed by atoms with E-state index >= 15 is 0 Å². The number of Topliss-reactive ketones (excluding diaryl/α,β-unsaturated/α-hetero) is 2. The molecular formula is C22H32N2O6. The minimum Gasteiger partial charge on any atom is -0.387 e. The molecule has 8 heteroatoms. The van der Waals surface area contributed by atoms with E-state index in [0.29, 0.717) is 49.7 Å². The fourth-order valence-electron chi connectivity index (χ4n) is 3.48. The van der Waals surface area contributed by atoms with Gasteiger partial charge in [-0.25, -0.2) is 0 Å². The Balaban J connectivity index is 1.69. The third-order valence-corrected chi connectivity index (χ3v) is 5.47. The van der Waals surface area contributed by atoms with E-state index in [1.54, 1.807) is 0 Å². The standard InChI is InChI=1S/C22H32N2O6/c1-21(2,11-15-13-29-23-19(15)27)9-7-17(25)5-6-18(26)8-10-22(3,4)12-16-14-30-24-20(16)28/h13-14H,5-12H2,1-4H3,(H,23,27)(H,24,28). The first kappa shape index (κ1) is 23.6. The Morgan fingerprint density at radius 3 is 1.40 bits per heavy atom. The number of hydrogen-bond donors (Lipinski definition) is 2. The Labute approximate surface area is 175 Å². The van der Waals surface area contributed by atoms with Crippen LogP contribution in [0, 0.1) is 10.8 Å². The average molecular weight is 421 g/mol. The van der Waals surface area contributed by atoms with Crippen molar-refractivity contribution in [2.24, 2.45) is 10.8 Å². The molecule has 0 atom stereocenters. The van der Waals surface area contributed by atoms with Crippen molar-refractivity contribution in [3.63, 3.8) is 0 Å². The summed E-state index contributed by atoms with van der Waals surface area (Å²) in [5.41, 5.74) is 0.239. The van der Waals surface area contributed by atoms with Gasteiger partial charge in [-0.3, -0.25) is 19.2 Å². The lowest BCUT2D eigenvalue weighted by atomic mass is 9.81. The molecule has 0 radical (unpaired) electrons. The fourth-order valence-corrected chi connectivity index (χ4v) is 3.48. The lowest BCUT2D eigenvalue weighted by Gasteiger charge is -2.23. The van der Waals surface area contributed by atoms with E-state index in [2.05, 4.69) is 10.3 Å². The molecule has 0 spiro atoms. The van der Waals surface area contributed by atoms with E-state index in [-0.39, 0.29) is 46.4 Å². The maximum absolute atomic E-state index is 12.2. The molecule has 0 fully saturated rings. The minimum absolute atomic E-state index is 0.0571. The van der Waals surface area contributed by atoms with Crippen molar-refractivity contribution in [1.29, 1.82) is 0 Å². The monoisotopic (exact) mass is 420 g/mol. The maximum Gasteiger partial charge on any atom is 0.283 e. The number of nitrogens with one attached hydrogen (secondary N) is 2. The van der Waals surface area contributed by atoms with E-state index < -0.39 is 0 Å². The first-order chi connectivity index (χ1) is 14.0. The van der Waals surface area contributed by atoms with E-state index in [9.17, 15) is 19.2 Å². The van der Waals surface area contributed by atoms with Gasteiger partial charge in [0, 0.05) is 25.7 Å². The van der Waals surface area contributed by atoms with Gasteiger partial charge in [0.25, 0.3) is 11.1 Å². The van der Waals surface area contributed by atoms with Gasteiger partial charge in [-0.15, -0.1) is 0 Å². The Hall–Kier alpha value is -2.64. The van der Waals surface area contributed by atoms with Gasteiger partial charge in [0.2, 0.25) is 0 Å². The lowest BCUT2D eigenvalue weighted by molar-refractivity contribution is -0.124. The number of aromatic nitrogens is 2. The number of carbonyl (C=O) groups excluding carboxylic acids is 2. The van der Waals surface area contributed by atoms with Gasteiger partial charge in [-0.2, -0.15) is 10.3 Å². The summed E-state index contributed by atoms with van der Waals surface area (Å²) in [6.07, 6.45) is 6.39. The van der Waals surface area contributed by atoms with Crippen LogP contribution >= 0.6 is 0 Å². The second-order valence-corrected chi connectivity index (χ2v) is 9.64. The third-order valence-electron chi connectivity index (χ3n) is 5.47. The van der Waals surface area contributed by atoms with E-state index in [1.165, 1.54) is 12.5 Å². The highest BCUT2D eigenvalue weighted by atomic mass is 16.5. The summed E-state index contributed by atoms with van der Waals surface area (Å²) >= 11 is 0. The summed E-state index contributed by atoms with van der Waals surface area (Å²) in [6, 6.07) is 0. The van der Waals surface area contributed by atoms with E-state index in [0.717, 1.165) is 0 Å². The van der Waals surface area contributed by atoms with Gasteiger partial charge >= 0.3 is 0 Å². The zero-order valence-corrected chi connectivity index (χ0v) is 18.3. The van der Waals surface area contributed by atoms with Crippen molar-refractivity contribution in [3.8, 4) is 0 Å². The molecule has 0 aliphatic carbocycles. The van der Waals surface area contributed by atoms with Gasteiger partial charge in [0.1, 0.15) is 24.1 Å². The summed E-state index contributed by atoms with van der Waals surface area (Å²) in [7, 11) is 0. The van der Waals surface area contributed by atoms with Crippen molar-refractivity contribution in [3.05, 3.63) is 44.4 Å². The zero-order chi connectivity index (χ0) is 22.4. The average Bonchev–Trinajstić information content (AvgIpc) is 3.24. The quantitative estimate of drug-likeness (QED) is 0.510. The number of aromatic amines is 2. The minimum atomic E-state index is -0.236. The first-order valence-corrected chi connectivity index (χ1v) is 10.3. The van der Waals surface area contributed by atoms with Crippen molar-refractivity contribution >= 4 is 11.6 Å². The normalized spacial score (nSPS) is 12.3. The number of hydrogen-bond acceptors (Lipinski definition) is 6. The molecule has 0 saturated carbocycles. The largest absolute Gasteiger partial charge is 0.387 e. The van der Waals surface area contributed by atoms with Crippen LogP contribution in [-0.2, 0) is 22.4 Å². The molecule has 0 unspecified atom stereocenters. The highest BCUT2D eigenvalue weighted by Gasteiger charge is 2.24. The lowest BCUT2D eigenvalue weighted by Crippen LogP contribution is -2.21. The third kappa shape index (κ3) is 7.65. The summed E-state index contributed by atoms with van der Waals surface area (Å²) in [4.78, 5) is 47.6. The Kier molecular flexibility index (Phi) is 7.81. The highest BCUT2D eigenvalue weighted by Crippen LogP contribution is 2.28. The van der Waals surface area contributed by atoms with Gasteiger partial charge in [0.05, 0.1) is 11.1 Å². The smallest absolute Gasteiger partial charge is 0.283 e. The molecule has 0 amide bonds. The molecule has 8 nitrogen and oxygen atoms in total. The highest BCUT2D eigenvalue weighted by molar-refractivity contribution is 5.86. The molecule has 0 aliphatic rings. The van der Waals surface area contributed by atoms with Crippen LogP contribution in [0.2, 0.25) is 0 Å². The van der Waals surface area contributed by atoms with Gasteiger partial charge in [0.15, 0.2) is 0 Å². The number of carbonyl (C=O) groups is 2. The Morgan fingerprint density at radius 1 is 0.733 bits per heavy atom. The van der Waals surface area contributed by atoms with Crippen LogP contribution in [0.3, 0.4) is 0 Å². The molecule has 2 heterocycles. The summed E-state index contributed by atoms with van der Waals surface area (Å²) < 4.78 is 9.60. The SMILES string of the molecule is CC(C)(CCC(=O)CCC(=O)CCC(C)(C)Cc1co[nH]c1=O)Cc1co[nH]c1=O. The van der Waals surface area contributed by atoms with Gasteiger partial charge in [-0.05, 0) is 36.5 Å². The predicted octanol–water partition coefficient (Wildman–Crippen LogP) is 3.57. The molecular weight excluding hydrogens is 388 g/mol. The van der Waals surface area contributed by atoms with Crippen LogP contribution in [-0.4, -0.2) is 21.9 Å². The molecule has 2 aromatic rings. The molecule has 2 rings (SSSR count). The molecule has 2 aromatic heterocycles. The van der Waals surface area contributed by atoms with Crippen molar-refractivity contribution < 1.29 is 18.6 Å². The van der Waals surface area contributed by atoms with Crippen LogP contribution in [0.15, 0.2) is 31.2 Å². The van der Waals surface area contributed by atoms with Crippen molar-refractivity contribution in [1.82, 2.24) is 10.3 Å². The molecule has 0 aromatic carbocycles. The van der Waals surface area contributed by atoms with Crippen molar-refractivity contribution in [2.45, 2.75) is 79.1 Å². The van der Waals surface area contributed by atoms with Crippen LogP contribution in [0.5, 0.6) is 0 Å². The molecule has 0 bridgehead atoms. The molecule has 166 valence electrons. The number of H-pyrrole nitrogens is 2. The number of ketones is 2. The second-order valence-electron chi connectivity index (χ2n) is 9.64. The van der Waals surface area contributed by atoms with Crippen LogP contribution < -0.4 is 11.1 Å². The summed E-state index contributed by atoms with van der Waals surface area (Å²) in [6.45, 7) is 8.02. The molecule has 0 saturated heterocycles. The maximum atomic E-state index is 12.2. The zero-order valence-electron chi connectivity index (χ0n) is 18.3. The molecule has 2 N–H and O–H groups in total. The first-order valence-electron chi connectivity index (χ1n) is 10.3. The van der Waals surface area contributed by atoms with Gasteiger partial charge in [-0.1, -0.05) is 27.7 Å². The summed E-state index contributed by atoms with van der Waals surface area (Å²) in [5.74, 6) is 0.114. The Morgan fingerprint density at radius 2 is 1.10 bits per heavy atom. The Bertz CT molecular complexity index is 878. The number of rotatable bonds is 13.